The van der Waals surface area contributed by atoms with E-state index in [0.29, 0.717) is 29.3 Å². The number of rotatable bonds is 9. The van der Waals surface area contributed by atoms with Gasteiger partial charge in [0.25, 0.3) is 0 Å². The van der Waals surface area contributed by atoms with Gasteiger partial charge in [-0.25, -0.2) is 18.7 Å². The first-order chi connectivity index (χ1) is 15.2. The zero-order chi connectivity index (χ0) is 23.0. The molecule has 170 valence electrons. The van der Waals surface area contributed by atoms with E-state index in [-0.39, 0.29) is 12.1 Å². The Morgan fingerprint density at radius 2 is 2.03 bits per heavy atom. The van der Waals surface area contributed by atoms with E-state index in [1.807, 2.05) is 0 Å². The minimum Gasteiger partial charge on any atom is -0.369 e. The van der Waals surface area contributed by atoms with Gasteiger partial charge in [-0.1, -0.05) is 6.92 Å². The lowest BCUT2D eigenvalue weighted by Gasteiger charge is -2.17. The number of fused-ring (bicyclic) bond motifs is 1. The van der Waals surface area contributed by atoms with E-state index in [9.17, 15) is 17.6 Å². The third kappa shape index (κ3) is 4.15. The summed E-state index contributed by atoms with van der Waals surface area (Å²) in [4.78, 5) is 24.3. The van der Waals surface area contributed by atoms with Gasteiger partial charge in [0.2, 0.25) is 5.78 Å². The smallest absolute Gasteiger partial charge is 0.301 e. The predicted octanol–water partition coefficient (Wildman–Crippen LogP) is 2.90. The Morgan fingerprint density at radius 3 is 2.72 bits per heavy atom. The highest BCUT2D eigenvalue weighted by Crippen LogP contribution is 2.32. The Balaban J connectivity index is 1.74. The van der Waals surface area contributed by atoms with Gasteiger partial charge in [0, 0.05) is 26.3 Å². The van der Waals surface area contributed by atoms with Crippen molar-refractivity contribution < 1.29 is 22.0 Å². The Hall–Kier alpha value is -3.12. The maximum absolute atomic E-state index is 15.2. The van der Waals surface area contributed by atoms with Crippen LogP contribution in [0.3, 0.4) is 0 Å². The molecule has 0 aliphatic heterocycles. The number of nitrogens with one attached hydrogen (secondary N) is 3. The van der Waals surface area contributed by atoms with Crippen molar-refractivity contribution in [2.75, 3.05) is 30.2 Å². The van der Waals surface area contributed by atoms with E-state index in [1.54, 1.807) is 6.92 Å². The molecule has 12 heteroatoms. The average Bonchev–Trinajstić information content (AvgIpc) is 3.49. The molecule has 2 heterocycles. The number of carbonyl (C=O) groups excluding carboxylic acids is 1. The highest BCUT2D eigenvalue weighted by Gasteiger charge is 2.28. The summed E-state index contributed by atoms with van der Waals surface area (Å²) in [6.45, 7) is 2.40. The van der Waals surface area contributed by atoms with Crippen molar-refractivity contribution in [1.29, 1.82) is 0 Å². The van der Waals surface area contributed by atoms with Crippen LogP contribution in [0, 0.1) is 17.6 Å². The summed E-state index contributed by atoms with van der Waals surface area (Å²) >= 11 is 0. The summed E-state index contributed by atoms with van der Waals surface area (Å²) in [5.74, 6) is -2.46. The van der Waals surface area contributed by atoms with Crippen LogP contribution < -0.4 is 10.0 Å². The maximum atomic E-state index is 15.2. The summed E-state index contributed by atoms with van der Waals surface area (Å²) < 4.78 is 57.3. The summed E-state index contributed by atoms with van der Waals surface area (Å²) in [6.07, 6.45) is 4.84. The lowest BCUT2D eigenvalue weighted by atomic mass is 10.0. The molecule has 0 saturated heterocycles. The van der Waals surface area contributed by atoms with E-state index in [0.717, 1.165) is 29.3 Å². The second-order valence-corrected chi connectivity index (χ2v) is 9.38. The number of aromatic amines is 1. The van der Waals surface area contributed by atoms with Crippen LogP contribution in [-0.2, 0) is 10.2 Å². The minimum absolute atomic E-state index is 0.0256. The Labute approximate surface area is 183 Å². The van der Waals surface area contributed by atoms with Crippen molar-refractivity contribution in [3.8, 4) is 0 Å². The fourth-order valence-corrected chi connectivity index (χ4v) is 4.13. The number of halogens is 2. The van der Waals surface area contributed by atoms with Gasteiger partial charge in [-0.3, -0.25) is 9.52 Å². The number of anilines is 2. The van der Waals surface area contributed by atoms with Gasteiger partial charge in [-0.05, 0) is 30.9 Å². The Bertz CT molecular complexity index is 1290. The fraction of sp³-hybridized carbons (Fsp3) is 0.350. The highest BCUT2D eigenvalue weighted by atomic mass is 32.2. The molecule has 0 bridgehead atoms. The third-order valence-corrected chi connectivity index (χ3v) is 6.94. The summed E-state index contributed by atoms with van der Waals surface area (Å²) in [7, 11) is -2.77. The van der Waals surface area contributed by atoms with E-state index in [4.69, 9.17) is 0 Å². The molecule has 0 amide bonds. The quantitative estimate of drug-likeness (QED) is 0.419. The zero-order valence-corrected chi connectivity index (χ0v) is 18.3. The molecule has 0 unspecified atom stereocenters. The van der Waals surface area contributed by atoms with Gasteiger partial charge >= 0.3 is 10.2 Å². The van der Waals surface area contributed by atoms with Gasteiger partial charge in [0.05, 0.1) is 22.2 Å². The van der Waals surface area contributed by atoms with Crippen LogP contribution in [0.2, 0.25) is 0 Å². The highest BCUT2D eigenvalue weighted by molar-refractivity contribution is 7.90. The van der Waals surface area contributed by atoms with Gasteiger partial charge in [-0.15, -0.1) is 0 Å². The van der Waals surface area contributed by atoms with Crippen LogP contribution in [0.4, 0.5) is 20.3 Å². The predicted molar refractivity (Wildman–Crippen MR) is 116 cm³/mol. The van der Waals surface area contributed by atoms with Crippen LogP contribution in [0.1, 0.15) is 35.7 Å². The van der Waals surface area contributed by atoms with Crippen LogP contribution in [0.25, 0.3) is 11.0 Å². The molecule has 1 aromatic carbocycles. The summed E-state index contributed by atoms with van der Waals surface area (Å²) in [5, 5.41) is 3.48. The SMILES string of the molecule is CCN(C)S(=O)(=O)Nc1ccc(F)c(C(=O)c2c[nH]c3ncnc(NCC4CC4)c23)c1F. The molecule has 3 N–H and O–H groups in total. The van der Waals surface area contributed by atoms with Crippen LogP contribution in [-0.4, -0.2) is 53.6 Å². The zero-order valence-electron chi connectivity index (χ0n) is 17.4. The number of ketones is 1. The lowest BCUT2D eigenvalue weighted by molar-refractivity contribution is 0.103. The molecule has 0 spiro atoms. The number of nitrogens with zero attached hydrogens (tertiary/aromatic N) is 3. The molecule has 1 aliphatic rings. The Kier molecular flexibility index (Phi) is 5.82. The van der Waals surface area contributed by atoms with E-state index in [2.05, 4.69) is 25.0 Å². The van der Waals surface area contributed by atoms with Crippen LogP contribution in [0.15, 0.2) is 24.7 Å². The molecule has 1 aliphatic carbocycles. The van der Waals surface area contributed by atoms with Gasteiger partial charge in [0.15, 0.2) is 5.82 Å². The number of H-pyrrole nitrogens is 1. The molecule has 3 aromatic rings. The van der Waals surface area contributed by atoms with Crippen LogP contribution >= 0.6 is 0 Å². The first-order valence-electron chi connectivity index (χ1n) is 10.1. The van der Waals surface area contributed by atoms with Gasteiger partial charge in [0.1, 0.15) is 23.6 Å². The third-order valence-electron chi connectivity index (χ3n) is 5.38. The number of hydrogen-bond acceptors (Lipinski definition) is 6. The molecule has 2 aromatic heterocycles. The standard InChI is InChI=1S/C20H22F2N6O3S/c1-3-28(2)32(30,31)27-14-7-6-13(21)16(17(14)22)18(29)12-9-24-20-15(12)19(25-10-26-20)23-8-11-4-5-11/h6-7,9-11,27H,3-5,8H2,1-2H3,(H2,23,24,25,26). The minimum atomic E-state index is -4.07. The molecule has 0 atom stereocenters. The summed E-state index contributed by atoms with van der Waals surface area (Å²) in [5.41, 5.74) is -1.09. The first-order valence-corrected chi connectivity index (χ1v) is 11.5. The first kappa shape index (κ1) is 22.1. The van der Waals surface area contributed by atoms with Crippen molar-refractivity contribution in [3.05, 3.63) is 47.4 Å². The number of hydrogen-bond donors (Lipinski definition) is 3. The molecular formula is C20H22F2N6O3S. The largest absolute Gasteiger partial charge is 0.369 e. The number of aromatic nitrogens is 3. The monoisotopic (exact) mass is 464 g/mol. The molecule has 4 rings (SSSR count). The maximum Gasteiger partial charge on any atom is 0.301 e. The number of carbonyl (C=O) groups is 1. The van der Waals surface area contributed by atoms with Crippen molar-refractivity contribution >= 4 is 38.5 Å². The van der Waals surface area contributed by atoms with E-state index in [1.165, 1.54) is 19.6 Å². The van der Waals surface area contributed by atoms with Crippen molar-refractivity contribution in [3.63, 3.8) is 0 Å². The van der Waals surface area contributed by atoms with Crippen molar-refractivity contribution in [2.45, 2.75) is 19.8 Å². The normalized spacial score (nSPS) is 14.2. The van der Waals surface area contributed by atoms with Crippen molar-refractivity contribution in [1.82, 2.24) is 19.3 Å². The molecule has 0 radical (unpaired) electrons. The Morgan fingerprint density at radius 1 is 1.28 bits per heavy atom. The van der Waals surface area contributed by atoms with Crippen molar-refractivity contribution in [2.24, 2.45) is 5.92 Å². The topological polar surface area (TPSA) is 120 Å². The second-order valence-electron chi connectivity index (χ2n) is 7.61. The van der Waals surface area contributed by atoms with E-state index >= 15 is 4.39 Å². The van der Waals surface area contributed by atoms with Crippen LogP contribution in [0.5, 0.6) is 0 Å². The molecule has 32 heavy (non-hydrogen) atoms. The fourth-order valence-electron chi connectivity index (χ4n) is 3.20. The second kappa shape index (κ2) is 8.43. The molecule has 1 saturated carbocycles. The summed E-state index contributed by atoms with van der Waals surface area (Å²) in [6, 6.07) is 1.78. The number of benzene rings is 1. The van der Waals surface area contributed by atoms with E-state index < -0.39 is 38.9 Å². The lowest BCUT2D eigenvalue weighted by Crippen LogP contribution is -2.32. The van der Waals surface area contributed by atoms with Gasteiger partial charge in [-0.2, -0.15) is 12.7 Å². The van der Waals surface area contributed by atoms with Gasteiger partial charge < -0.3 is 10.3 Å². The molecule has 1 fully saturated rings. The molecular weight excluding hydrogens is 442 g/mol. The average molecular weight is 464 g/mol. The molecule has 9 nitrogen and oxygen atoms in total.